The van der Waals surface area contributed by atoms with Gasteiger partial charge in [0.05, 0.1) is 6.61 Å². The van der Waals surface area contributed by atoms with Crippen LogP contribution in [0.25, 0.3) is 0 Å². The summed E-state index contributed by atoms with van der Waals surface area (Å²) in [5.41, 5.74) is 4.04. The van der Waals surface area contributed by atoms with Crippen LogP contribution in [-0.2, 0) is 6.42 Å². The zero-order chi connectivity index (χ0) is 21.7. The molecule has 0 radical (unpaired) electrons. The van der Waals surface area contributed by atoms with Crippen molar-refractivity contribution in [1.82, 2.24) is 0 Å². The molecule has 0 amide bonds. The van der Waals surface area contributed by atoms with Crippen LogP contribution in [0, 0.1) is 17.8 Å². The van der Waals surface area contributed by atoms with Gasteiger partial charge >= 0.3 is 0 Å². The van der Waals surface area contributed by atoms with Crippen LogP contribution in [0.15, 0.2) is 60.7 Å². The van der Waals surface area contributed by atoms with Crippen molar-refractivity contribution < 1.29 is 4.74 Å². The molecule has 0 N–H and O–H groups in total. The van der Waals surface area contributed by atoms with Gasteiger partial charge in [-0.05, 0) is 91.8 Å². The number of ether oxygens (including phenoxy) is 1. The number of benzene rings is 2. The van der Waals surface area contributed by atoms with E-state index in [0.717, 1.165) is 30.3 Å². The summed E-state index contributed by atoms with van der Waals surface area (Å²) in [6.45, 7) is 5.25. The molecule has 3 rings (SSSR count). The molecule has 0 atom stereocenters. The number of hydrogen-bond donors (Lipinski definition) is 0. The minimum atomic E-state index is 0.670. The van der Waals surface area contributed by atoms with E-state index >= 15 is 0 Å². The predicted octanol–water partition coefficient (Wildman–Crippen LogP) is 8.09. The maximum atomic E-state index is 5.76. The number of aryl methyl sites for hydroxylation is 1. The topological polar surface area (TPSA) is 9.23 Å². The molecule has 164 valence electrons. The second-order valence-corrected chi connectivity index (χ2v) is 8.81. The van der Waals surface area contributed by atoms with Gasteiger partial charge < -0.3 is 4.74 Å². The van der Waals surface area contributed by atoms with E-state index in [9.17, 15) is 0 Å². The molecule has 31 heavy (non-hydrogen) atoms. The zero-order valence-electron chi connectivity index (χ0n) is 19.4. The maximum Gasteiger partial charge on any atom is 0.119 e. The molecule has 1 aliphatic rings. The monoisotopic (exact) mass is 414 g/mol. The molecule has 0 spiro atoms. The van der Waals surface area contributed by atoms with E-state index in [0.29, 0.717) is 5.92 Å². The van der Waals surface area contributed by atoms with Crippen molar-refractivity contribution in [2.45, 2.75) is 77.6 Å². The molecule has 1 saturated carbocycles. The highest BCUT2D eigenvalue weighted by molar-refractivity contribution is 5.40. The molecule has 0 heterocycles. The van der Waals surface area contributed by atoms with Crippen molar-refractivity contribution in [1.29, 1.82) is 0 Å². The van der Waals surface area contributed by atoms with E-state index in [2.05, 4.69) is 62.1 Å². The molecule has 1 nitrogen and oxygen atoms in total. The summed E-state index contributed by atoms with van der Waals surface area (Å²) in [5, 5.41) is 0. The second-order valence-electron chi connectivity index (χ2n) is 8.81. The Morgan fingerprint density at radius 3 is 2.29 bits per heavy atom. The fraction of sp³-hybridized carbons (Fsp3) is 0.467. The van der Waals surface area contributed by atoms with Crippen LogP contribution < -0.4 is 4.74 Å². The van der Waals surface area contributed by atoms with Gasteiger partial charge in [-0.3, -0.25) is 0 Å². The third kappa shape index (κ3) is 7.95. The molecule has 0 aliphatic heterocycles. The number of rotatable bonds is 9. The quantitative estimate of drug-likeness (QED) is 0.297. The molecule has 0 bridgehead atoms. The lowest BCUT2D eigenvalue weighted by Crippen LogP contribution is -2.11. The first-order chi connectivity index (χ1) is 15.3. The Bertz CT molecular complexity index is 840. The molecule has 0 saturated heterocycles. The molecule has 0 aromatic heterocycles. The molecule has 2 aromatic carbocycles. The predicted molar refractivity (Wildman–Crippen MR) is 133 cm³/mol. The molecule has 0 unspecified atom stereocenters. The van der Waals surface area contributed by atoms with E-state index < -0.39 is 0 Å². The fourth-order valence-corrected chi connectivity index (χ4v) is 4.38. The van der Waals surface area contributed by atoms with Gasteiger partial charge in [0.2, 0.25) is 0 Å². The second kappa shape index (κ2) is 13.1. The molecular weight excluding hydrogens is 376 g/mol. The minimum Gasteiger partial charge on any atom is -0.494 e. The maximum absolute atomic E-state index is 5.76. The summed E-state index contributed by atoms with van der Waals surface area (Å²) in [6, 6.07) is 17.5. The first kappa shape index (κ1) is 23.2. The molecule has 2 aromatic rings. The highest BCUT2D eigenvalue weighted by Gasteiger charge is 2.20. The minimum absolute atomic E-state index is 0.670. The number of allylic oxidation sites excluding steroid dienone is 2. The Labute approximate surface area is 189 Å². The Kier molecular flexibility index (Phi) is 9.78. The smallest absolute Gasteiger partial charge is 0.119 e. The van der Waals surface area contributed by atoms with Gasteiger partial charge in [-0.25, -0.2) is 0 Å². The van der Waals surface area contributed by atoms with Crippen LogP contribution in [-0.4, -0.2) is 6.61 Å². The molecule has 1 aliphatic carbocycles. The third-order valence-corrected chi connectivity index (χ3v) is 6.30. The van der Waals surface area contributed by atoms with Crippen LogP contribution >= 0.6 is 0 Å². The SMILES string of the molecule is CCCCCOc1ccc(C#CC=CC2CCC(c3ccc(CCC)cc3)CC2)cc1. The van der Waals surface area contributed by atoms with Gasteiger partial charge in [0.15, 0.2) is 0 Å². The largest absolute Gasteiger partial charge is 0.494 e. The summed E-state index contributed by atoms with van der Waals surface area (Å²) >= 11 is 0. The number of hydrogen-bond acceptors (Lipinski definition) is 1. The van der Waals surface area contributed by atoms with E-state index in [1.165, 1.54) is 62.5 Å². The average molecular weight is 415 g/mol. The molecular formula is C30H38O. The van der Waals surface area contributed by atoms with Crippen LogP contribution in [0.4, 0.5) is 0 Å². The Hall–Kier alpha value is -2.46. The average Bonchev–Trinajstić information content (AvgIpc) is 2.82. The van der Waals surface area contributed by atoms with Crippen LogP contribution in [0.5, 0.6) is 5.75 Å². The lowest BCUT2D eigenvalue weighted by atomic mass is 9.78. The third-order valence-electron chi connectivity index (χ3n) is 6.30. The van der Waals surface area contributed by atoms with Gasteiger partial charge in [-0.15, -0.1) is 0 Å². The highest BCUT2D eigenvalue weighted by Crippen LogP contribution is 2.36. The van der Waals surface area contributed by atoms with Crippen molar-refractivity contribution in [3.8, 4) is 17.6 Å². The standard InChI is InChI=1S/C30H38O/c1-3-5-8-24-31-30-22-16-27(17-23-30)11-7-6-10-26-14-20-29(21-15-26)28-18-12-25(9-4-2)13-19-28/h6,10,12-13,16-19,22-23,26,29H,3-5,8-9,14-15,20-21,24H2,1-2H3. The van der Waals surface area contributed by atoms with Crippen LogP contribution in [0.1, 0.15) is 87.8 Å². The summed E-state index contributed by atoms with van der Waals surface area (Å²) < 4.78 is 5.76. The van der Waals surface area contributed by atoms with Crippen LogP contribution in [0.2, 0.25) is 0 Å². The van der Waals surface area contributed by atoms with Crippen molar-refractivity contribution in [3.63, 3.8) is 0 Å². The normalized spacial score (nSPS) is 18.5. The first-order valence-corrected chi connectivity index (χ1v) is 12.3. The number of unbranched alkanes of at least 4 members (excludes halogenated alkanes) is 2. The van der Waals surface area contributed by atoms with E-state index in [-0.39, 0.29) is 0 Å². The summed E-state index contributed by atoms with van der Waals surface area (Å²) in [7, 11) is 0. The van der Waals surface area contributed by atoms with Gasteiger partial charge in [0, 0.05) is 5.56 Å². The van der Waals surface area contributed by atoms with E-state index in [1.807, 2.05) is 24.3 Å². The summed E-state index contributed by atoms with van der Waals surface area (Å²) in [6.07, 6.45) is 15.5. The van der Waals surface area contributed by atoms with Crippen molar-refractivity contribution in [2.75, 3.05) is 6.61 Å². The molecule has 1 fully saturated rings. The molecule has 1 heteroatoms. The Balaban J connectivity index is 1.41. The Morgan fingerprint density at radius 2 is 1.61 bits per heavy atom. The van der Waals surface area contributed by atoms with Crippen molar-refractivity contribution in [2.24, 2.45) is 5.92 Å². The van der Waals surface area contributed by atoms with Gasteiger partial charge in [-0.2, -0.15) is 0 Å². The first-order valence-electron chi connectivity index (χ1n) is 12.3. The highest BCUT2D eigenvalue weighted by atomic mass is 16.5. The van der Waals surface area contributed by atoms with Crippen LogP contribution in [0.3, 0.4) is 0 Å². The van der Waals surface area contributed by atoms with Crippen molar-refractivity contribution in [3.05, 3.63) is 77.4 Å². The lowest BCUT2D eigenvalue weighted by molar-refractivity contribution is 0.306. The summed E-state index contributed by atoms with van der Waals surface area (Å²) in [5.74, 6) is 8.80. The van der Waals surface area contributed by atoms with E-state index in [1.54, 1.807) is 0 Å². The van der Waals surface area contributed by atoms with Gasteiger partial charge in [0.1, 0.15) is 5.75 Å². The Morgan fingerprint density at radius 1 is 0.871 bits per heavy atom. The lowest BCUT2D eigenvalue weighted by Gasteiger charge is -2.27. The zero-order valence-corrected chi connectivity index (χ0v) is 19.4. The summed E-state index contributed by atoms with van der Waals surface area (Å²) in [4.78, 5) is 0. The van der Waals surface area contributed by atoms with E-state index in [4.69, 9.17) is 4.74 Å². The van der Waals surface area contributed by atoms with Crippen molar-refractivity contribution >= 4 is 0 Å². The fourth-order valence-electron chi connectivity index (χ4n) is 4.38. The van der Waals surface area contributed by atoms with Gasteiger partial charge in [0.25, 0.3) is 0 Å². The van der Waals surface area contributed by atoms with Gasteiger partial charge in [-0.1, -0.05) is 75.3 Å².